The lowest BCUT2D eigenvalue weighted by Crippen LogP contribution is -1.86. The molecule has 1 rings (SSSR count). The van der Waals surface area contributed by atoms with Crippen LogP contribution in [-0.4, -0.2) is 15.8 Å². The number of nitrogens with one attached hydrogen (secondary N) is 1. The smallest absolute Gasteiger partial charge is 0.0790 e. The summed E-state index contributed by atoms with van der Waals surface area (Å²) in [5.41, 5.74) is 0. The molecule has 0 aliphatic rings. The van der Waals surface area contributed by atoms with Crippen LogP contribution in [0.15, 0.2) is 4.63 Å². The van der Waals surface area contributed by atoms with Gasteiger partial charge in [0.2, 0.25) is 0 Å². The number of aromatic amines is 1. The van der Waals surface area contributed by atoms with E-state index in [2.05, 4.69) is 20.4 Å². The van der Waals surface area contributed by atoms with E-state index in [0.717, 1.165) is 0 Å². The minimum atomic E-state index is 0. The van der Waals surface area contributed by atoms with Gasteiger partial charge in [0.05, 0.1) is 5.27 Å². The minimum Gasteiger partial charge on any atom is -0.229 e. The molecule has 0 fully saturated rings. The van der Waals surface area contributed by atoms with Gasteiger partial charge in [-0.25, -0.2) is 4.63 Å². The van der Waals surface area contributed by atoms with Gasteiger partial charge in [-0.1, -0.05) is 5.27 Å². The Morgan fingerprint density at radius 2 is 1.80 bits per heavy atom. The zero-order valence-corrected chi connectivity index (χ0v) is 3.03. The van der Waals surface area contributed by atoms with E-state index in [1.165, 1.54) is 0 Å². The fraction of sp³-hybridized carbons (Fsp3) is 0. The van der Waals surface area contributed by atoms with Crippen LogP contribution < -0.4 is 0 Å². The second-order valence-electron chi connectivity index (χ2n) is 0.364. The Bertz CT molecular complexity index is 48.7. The van der Waals surface area contributed by atoms with Crippen LogP contribution in [0.2, 0.25) is 0 Å². The molecule has 0 aliphatic carbocycles. The first kappa shape index (κ1) is 4.49. The maximum atomic E-state index is 3.93. The number of nitrogens with zero attached hydrogens (tertiary/aromatic N) is 2. The zero-order valence-electron chi connectivity index (χ0n) is 2.21. The molecule has 0 aromatic carbocycles. The number of H-pyrrole nitrogens is 1. The van der Waals surface area contributed by atoms with Crippen LogP contribution in [-0.2, 0) is 0 Å². The minimum absolute atomic E-state index is 0. The van der Waals surface area contributed by atoms with Crippen molar-refractivity contribution in [1.82, 2.24) is 15.8 Å². The molecule has 5 heavy (non-hydrogen) atoms. The molecule has 1 N–H and O–H groups in total. The molecule has 0 aliphatic heterocycles. The standard InChI is InChI=1S/ClH.HN3O/c;1-2-4-3-1/h1H;(H,2,3). The molecule has 1 aromatic heterocycles. The lowest BCUT2D eigenvalue weighted by molar-refractivity contribution is 0.140. The van der Waals surface area contributed by atoms with Crippen molar-refractivity contribution in [2.75, 3.05) is 0 Å². The fourth-order valence-electron chi connectivity index (χ4n) is 0.0408. The molecule has 0 atom stereocenters. The Morgan fingerprint density at radius 1 is 1.60 bits per heavy atom. The molecular weight excluding hydrogens is 93.5 g/mol. The normalized spacial score (nSPS) is 6.40. The number of hydrogen-bond donors (Lipinski definition) is 1. The molecule has 0 saturated heterocycles. The van der Waals surface area contributed by atoms with Gasteiger partial charge in [0.25, 0.3) is 0 Å². The Morgan fingerprint density at radius 3 is 1.80 bits per heavy atom. The Hall–Kier alpha value is -0.510. The van der Waals surface area contributed by atoms with Crippen molar-refractivity contribution < 1.29 is 4.63 Å². The molecule has 4 nitrogen and oxygen atoms in total. The molecular formula is H2ClN3O. The van der Waals surface area contributed by atoms with E-state index in [1.54, 1.807) is 0 Å². The molecule has 0 bridgehead atoms. The molecule has 0 radical (unpaired) electrons. The van der Waals surface area contributed by atoms with Crippen LogP contribution in [0.4, 0.5) is 0 Å². The summed E-state index contributed by atoms with van der Waals surface area (Å²) in [6.07, 6.45) is 0. The van der Waals surface area contributed by atoms with Gasteiger partial charge in [0.1, 0.15) is 0 Å². The summed E-state index contributed by atoms with van der Waals surface area (Å²) in [6.45, 7) is 0. The second kappa shape index (κ2) is 1.78. The van der Waals surface area contributed by atoms with Gasteiger partial charge in [0, 0.05) is 5.21 Å². The third kappa shape index (κ3) is 0.636. The van der Waals surface area contributed by atoms with Crippen LogP contribution in [0.1, 0.15) is 0 Å². The summed E-state index contributed by atoms with van der Waals surface area (Å²) in [5, 5.41) is 8.07. The van der Waals surface area contributed by atoms with Crippen LogP contribution in [0.3, 0.4) is 0 Å². The van der Waals surface area contributed by atoms with Gasteiger partial charge in [-0.3, -0.25) is 0 Å². The predicted octanol–water partition coefficient (Wildman–Crippen LogP) is -0.181. The fourth-order valence-corrected chi connectivity index (χ4v) is 0.0408. The number of aromatic nitrogens is 3. The van der Waals surface area contributed by atoms with Gasteiger partial charge in [-0.2, -0.15) is 0 Å². The van der Waals surface area contributed by atoms with Crippen LogP contribution in [0.5, 0.6) is 0 Å². The number of hydrogen-bond acceptors (Lipinski definition) is 3. The molecule has 0 saturated carbocycles. The molecule has 30 valence electrons. The molecule has 0 amide bonds. The average molecular weight is 95.5 g/mol. The molecule has 0 unspecified atom stereocenters. The average Bonchev–Trinajstić information content (AvgIpc) is 0.722. The first-order chi connectivity index (χ1) is 2.00. The second-order valence-corrected chi connectivity index (χ2v) is 0.364. The third-order valence-electron chi connectivity index (χ3n) is 0.163. The van der Waals surface area contributed by atoms with Crippen molar-refractivity contribution in [3.63, 3.8) is 0 Å². The highest BCUT2D eigenvalue weighted by molar-refractivity contribution is 5.85. The maximum Gasteiger partial charge on any atom is 0.0790 e. The number of halogens is 1. The van der Waals surface area contributed by atoms with Crippen LogP contribution in [0, 0.1) is 0 Å². The topological polar surface area (TPSA) is 54.7 Å². The third-order valence-corrected chi connectivity index (χ3v) is 0.163. The van der Waals surface area contributed by atoms with Gasteiger partial charge in [-0.05, 0) is 0 Å². The monoisotopic (exact) mass is 95.0 g/mol. The quantitative estimate of drug-likeness (QED) is 0.486. The van der Waals surface area contributed by atoms with Crippen molar-refractivity contribution in [3.05, 3.63) is 0 Å². The first-order valence-corrected chi connectivity index (χ1v) is 0.810. The van der Waals surface area contributed by atoms with E-state index < -0.39 is 0 Å². The Labute approximate surface area is 33.9 Å². The molecule has 5 heteroatoms. The summed E-state index contributed by atoms with van der Waals surface area (Å²) >= 11 is 0. The van der Waals surface area contributed by atoms with E-state index in [9.17, 15) is 0 Å². The lowest BCUT2D eigenvalue weighted by Gasteiger charge is -1.70. The predicted molar refractivity (Wildman–Crippen MR) is 15.9 cm³/mol. The maximum absolute atomic E-state index is 3.93. The van der Waals surface area contributed by atoms with Gasteiger partial charge >= 0.3 is 0 Å². The SMILES string of the molecule is Cl.n1no[nH]1. The summed E-state index contributed by atoms with van der Waals surface area (Å²) in [6, 6.07) is 0. The summed E-state index contributed by atoms with van der Waals surface area (Å²) < 4.78 is 3.93. The van der Waals surface area contributed by atoms with Crippen molar-refractivity contribution >= 4 is 12.4 Å². The van der Waals surface area contributed by atoms with Crippen molar-refractivity contribution in [2.24, 2.45) is 0 Å². The first-order valence-electron chi connectivity index (χ1n) is 0.810. The summed E-state index contributed by atoms with van der Waals surface area (Å²) in [4.78, 5) is 0. The van der Waals surface area contributed by atoms with E-state index in [4.69, 9.17) is 0 Å². The Balaban J connectivity index is 0.000000160. The van der Waals surface area contributed by atoms with E-state index in [1.807, 2.05) is 0 Å². The van der Waals surface area contributed by atoms with Gasteiger partial charge < -0.3 is 0 Å². The van der Waals surface area contributed by atoms with Gasteiger partial charge in [0.15, 0.2) is 0 Å². The largest absolute Gasteiger partial charge is 0.229 e. The van der Waals surface area contributed by atoms with Crippen LogP contribution >= 0.6 is 12.4 Å². The highest BCUT2D eigenvalue weighted by Crippen LogP contribution is 1.45. The van der Waals surface area contributed by atoms with E-state index in [0.29, 0.717) is 0 Å². The highest BCUT2D eigenvalue weighted by Gasteiger charge is 1.58. The number of rotatable bonds is 0. The highest BCUT2D eigenvalue weighted by atomic mass is 35.5. The lowest BCUT2D eigenvalue weighted by atomic mass is 12.6. The zero-order chi connectivity index (χ0) is 2.83. The molecule has 1 aromatic rings. The van der Waals surface area contributed by atoms with E-state index >= 15 is 0 Å². The van der Waals surface area contributed by atoms with Gasteiger partial charge in [-0.15, -0.1) is 12.4 Å². The summed E-state index contributed by atoms with van der Waals surface area (Å²) in [5.74, 6) is 0. The van der Waals surface area contributed by atoms with Crippen molar-refractivity contribution in [3.8, 4) is 0 Å². The molecule has 0 spiro atoms. The molecule has 1 heterocycles. The van der Waals surface area contributed by atoms with Crippen molar-refractivity contribution in [2.45, 2.75) is 0 Å². The summed E-state index contributed by atoms with van der Waals surface area (Å²) in [7, 11) is 0. The van der Waals surface area contributed by atoms with Crippen molar-refractivity contribution in [1.29, 1.82) is 0 Å². The van der Waals surface area contributed by atoms with Crippen LogP contribution in [0.25, 0.3) is 0 Å². The van der Waals surface area contributed by atoms with E-state index in [-0.39, 0.29) is 12.4 Å². The Kier molecular flexibility index (Phi) is 1.60.